The van der Waals surface area contributed by atoms with E-state index in [2.05, 4.69) is 9.38 Å². The smallest absolute Gasteiger partial charge is 0.407 e. The lowest BCUT2D eigenvalue weighted by molar-refractivity contribution is 0.139. The first-order valence-electron chi connectivity index (χ1n) is 11.0. The number of hydrogen-bond donors (Lipinski definition) is 1. The van der Waals surface area contributed by atoms with Gasteiger partial charge in [-0.3, -0.25) is 0 Å². The van der Waals surface area contributed by atoms with Gasteiger partial charge in [0.25, 0.3) is 0 Å². The van der Waals surface area contributed by atoms with Crippen molar-refractivity contribution in [1.29, 1.82) is 0 Å². The van der Waals surface area contributed by atoms with Crippen molar-refractivity contribution in [3.05, 3.63) is 47.8 Å². The SMILES string of the molecule is CCC(=N[S+]([O-])C(C)(C)C)c1cc(OC2[C@H]3CN(C(=O)O)C[C@@H]23)nc(-c2ccc(F)cc2)c1. The van der Waals surface area contributed by atoms with Gasteiger partial charge in [0, 0.05) is 42.1 Å². The lowest BCUT2D eigenvalue weighted by Gasteiger charge is -2.20. The van der Waals surface area contributed by atoms with Gasteiger partial charge in [-0.15, -0.1) is 0 Å². The molecule has 2 fully saturated rings. The van der Waals surface area contributed by atoms with Crippen LogP contribution in [-0.4, -0.2) is 55.3 Å². The van der Waals surface area contributed by atoms with Crippen molar-refractivity contribution in [2.24, 2.45) is 16.2 Å². The molecular formula is C24H28FN3O4S. The average Bonchev–Trinajstić information content (AvgIpc) is 3.18. The number of nitrogens with zero attached hydrogens (tertiary/aromatic N) is 3. The zero-order valence-electron chi connectivity index (χ0n) is 19.1. The molecule has 1 saturated heterocycles. The van der Waals surface area contributed by atoms with Gasteiger partial charge in [0.2, 0.25) is 5.88 Å². The van der Waals surface area contributed by atoms with Gasteiger partial charge < -0.3 is 19.3 Å². The van der Waals surface area contributed by atoms with Crippen molar-refractivity contribution in [1.82, 2.24) is 9.88 Å². The van der Waals surface area contributed by atoms with Crippen LogP contribution in [0.25, 0.3) is 11.3 Å². The first-order chi connectivity index (χ1) is 15.6. The highest BCUT2D eigenvalue weighted by molar-refractivity contribution is 7.91. The lowest BCUT2D eigenvalue weighted by Crippen LogP contribution is -2.31. The first-order valence-corrected chi connectivity index (χ1v) is 12.1. The van der Waals surface area contributed by atoms with Gasteiger partial charge in [-0.25, -0.2) is 14.2 Å². The summed E-state index contributed by atoms with van der Waals surface area (Å²) >= 11 is -1.42. The number of carboxylic acid groups (broad SMARTS) is 1. The number of aromatic nitrogens is 1. The fraction of sp³-hybridized carbons (Fsp3) is 0.458. The standard InChI is InChI=1S/C24H28FN3O4S/c1-5-19(27-33(31)24(2,3)4)15-10-20(14-6-8-16(25)9-7-14)26-21(11-15)32-22-17-12-28(23(29)30)13-18(17)22/h6-11,17-18,22H,5,12-13H2,1-4H3,(H,29,30)/t17-,18+,22?,33?. The van der Waals surface area contributed by atoms with E-state index in [4.69, 9.17) is 4.74 Å². The summed E-state index contributed by atoms with van der Waals surface area (Å²) in [7, 11) is 0. The molecule has 2 heterocycles. The summed E-state index contributed by atoms with van der Waals surface area (Å²) in [6.07, 6.45) is -0.429. The molecule has 9 heteroatoms. The van der Waals surface area contributed by atoms with Crippen LogP contribution in [0.4, 0.5) is 9.18 Å². The van der Waals surface area contributed by atoms with Crippen LogP contribution in [0.15, 0.2) is 40.8 Å². The minimum absolute atomic E-state index is 0.0878. The van der Waals surface area contributed by atoms with Gasteiger partial charge in [0.05, 0.1) is 11.4 Å². The number of likely N-dealkylation sites (tertiary alicyclic amines) is 1. The number of fused-ring (bicyclic) bond motifs is 1. The maximum absolute atomic E-state index is 13.5. The Hall–Kier alpha value is -2.65. The number of hydrogen-bond acceptors (Lipinski definition) is 5. The minimum Gasteiger partial charge on any atom is -0.591 e. The summed E-state index contributed by atoms with van der Waals surface area (Å²) in [5.41, 5.74) is 2.75. The minimum atomic E-state index is -1.42. The zero-order chi connectivity index (χ0) is 23.9. The van der Waals surface area contributed by atoms with Gasteiger partial charge in [-0.1, -0.05) is 11.3 Å². The van der Waals surface area contributed by atoms with E-state index in [1.165, 1.54) is 17.0 Å². The molecule has 1 aliphatic heterocycles. The molecule has 33 heavy (non-hydrogen) atoms. The second-order valence-corrected chi connectivity index (χ2v) is 11.3. The van der Waals surface area contributed by atoms with Gasteiger partial charge in [-0.05, 0) is 57.5 Å². The summed E-state index contributed by atoms with van der Waals surface area (Å²) < 4.78 is 36.3. The lowest BCUT2D eigenvalue weighted by atomic mass is 10.0. The molecule has 1 N–H and O–H groups in total. The Morgan fingerprint density at radius 2 is 1.91 bits per heavy atom. The van der Waals surface area contributed by atoms with E-state index >= 15 is 0 Å². The molecule has 1 saturated carbocycles. The molecule has 2 unspecified atom stereocenters. The van der Waals surface area contributed by atoms with E-state index in [0.717, 1.165) is 11.1 Å². The van der Waals surface area contributed by atoms with Crippen LogP contribution >= 0.6 is 0 Å². The normalized spacial score (nSPS) is 23.3. The van der Waals surface area contributed by atoms with Crippen molar-refractivity contribution in [2.45, 2.75) is 45.0 Å². The maximum atomic E-state index is 13.5. The third kappa shape index (κ3) is 5.14. The number of carbonyl (C=O) groups is 1. The molecule has 1 aromatic carbocycles. The summed E-state index contributed by atoms with van der Waals surface area (Å²) in [6.45, 7) is 8.48. The Kier molecular flexibility index (Phi) is 6.37. The van der Waals surface area contributed by atoms with Gasteiger partial charge in [0.15, 0.2) is 0 Å². The van der Waals surface area contributed by atoms with E-state index in [1.807, 2.05) is 33.8 Å². The molecule has 0 radical (unpaired) electrons. The van der Waals surface area contributed by atoms with E-state index in [1.54, 1.807) is 18.2 Å². The number of halogens is 1. The predicted octanol–water partition coefficient (Wildman–Crippen LogP) is 4.54. The van der Waals surface area contributed by atoms with Crippen LogP contribution in [0.5, 0.6) is 5.88 Å². The molecule has 0 spiro atoms. The monoisotopic (exact) mass is 473 g/mol. The Labute approximate surface area is 196 Å². The summed E-state index contributed by atoms with van der Waals surface area (Å²) in [5.74, 6) is 0.384. The topological polar surface area (TPSA) is 98.1 Å². The Morgan fingerprint density at radius 3 is 2.45 bits per heavy atom. The molecule has 0 bridgehead atoms. The van der Waals surface area contributed by atoms with Crippen LogP contribution < -0.4 is 4.74 Å². The fourth-order valence-electron chi connectivity index (χ4n) is 4.00. The number of rotatable bonds is 6. The van der Waals surface area contributed by atoms with Gasteiger partial charge >= 0.3 is 6.09 Å². The van der Waals surface area contributed by atoms with Crippen molar-refractivity contribution >= 4 is 23.2 Å². The maximum Gasteiger partial charge on any atom is 0.407 e. The molecule has 4 rings (SSSR count). The zero-order valence-corrected chi connectivity index (χ0v) is 19.9. The molecule has 176 valence electrons. The van der Waals surface area contributed by atoms with Gasteiger partial charge in [0.1, 0.15) is 28.0 Å². The molecular weight excluding hydrogens is 445 g/mol. The highest BCUT2D eigenvalue weighted by Crippen LogP contribution is 2.47. The van der Waals surface area contributed by atoms with E-state index in [9.17, 15) is 18.8 Å². The van der Waals surface area contributed by atoms with Crippen molar-refractivity contribution in [2.75, 3.05) is 13.1 Å². The van der Waals surface area contributed by atoms with E-state index < -0.39 is 22.2 Å². The highest BCUT2D eigenvalue weighted by atomic mass is 32.2. The Balaban J connectivity index is 1.65. The fourth-order valence-corrected chi connectivity index (χ4v) is 4.71. The molecule has 1 aliphatic carbocycles. The Bertz CT molecular complexity index is 1060. The van der Waals surface area contributed by atoms with Crippen molar-refractivity contribution in [3.8, 4) is 17.1 Å². The van der Waals surface area contributed by atoms with Crippen LogP contribution in [0.2, 0.25) is 0 Å². The number of benzene rings is 1. The van der Waals surface area contributed by atoms with Crippen LogP contribution in [-0.2, 0) is 11.4 Å². The van der Waals surface area contributed by atoms with Crippen molar-refractivity contribution < 1.29 is 23.6 Å². The second-order valence-electron chi connectivity index (χ2n) is 9.44. The third-order valence-corrected chi connectivity index (χ3v) is 7.40. The average molecular weight is 474 g/mol. The van der Waals surface area contributed by atoms with Crippen LogP contribution in [0.3, 0.4) is 0 Å². The predicted molar refractivity (Wildman–Crippen MR) is 125 cm³/mol. The largest absolute Gasteiger partial charge is 0.591 e. The van der Waals surface area contributed by atoms with Gasteiger partial charge in [-0.2, -0.15) is 0 Å². The third-order valence-electron chi connectivity index (χ3n) is 5.97. The summed E-state index contributed by atoms with van der Waals surface area (Å²) in [4.78, 5) is 17.2. The summed E-state index contributed by atoms with van der Waals surface area (Å²) in [5, 5.41) is 9.17. The Morgan fingerprint density at radius 1 is 1.27 bits per heavy atom. The molecule has 7 nitrogen and oxygen atoms in total. The molecule has 1 aromatic heterocycles. The highest BCUT2D eigenvalue weighted by Gasteiger charge is 2.59. The second kappa shape index (κ2) is 8.95. The van der Waals surface area contributed by atoms with Crippen LogP contribution in [0, 0.1) is 17.7 Å². The van der Waals surface area contributed by atoms with Crippen LogP contribution in [0.1, 0.15) is 39.7 Å². The number of ether oxygens (including phenoxy) is 1. The molecule has 4 atom stereocenters. The molecule has 2 aliphatic rings. The van der Waals surface area contributed by atoms with E-state index in [0.29, 0.717) is 36.8 Å². The molecule has 1 amide bonds. The quantitative estimate of drug-likeness (QED) is 0.491. The summed E-state index contributed by atoms with van der Waals surface area (Å²) in [6, 6.07) is 9.69. The first kappa shape index (κ1) is 23.5. The number of piperidine rings is 1. The molecule has 2 aromatic rings. The van der Waals surface area contributed by atoms with E-state index in [-0.39, 0.29) is 23.8 Å². The van der Waals surface area contributed by atoms with Crippen molar-refractivity contribution in [3.63, 3.8) is 0 Å². The number of pyridine rings is 1. The number of amides is 1.